The van der Waals surface area contributed by atoms with E-state index in [0.29, 0.717) is 10.8 Å². The summed E-state index contributed by atoms with van der Waals surface area (Å²) in [6, 6.07) is 6.51. The number of benzene rings is 1. The van der Waals surface area contributed by atoms with Crippen LogP contribution in [-0.2, 0) is 0 Å². The van der Waals surface area contributed by atoms with Gasteiger partial charge in [0.1, 0.15) is 0 Å². The van der Waals surface area contributed by atoms with E-state index in [-0.39, 0.29) is 24.0 Å². The van der Waals surface area contributed by atoms with Crippen LogP contribution in [0.4, 0.5) is 5.69 Å². The largest absolute Gasteiger partial charge is 0.338 e. The van der Waals surface area contributed by atoms with E-state index in [0.717, 1.165) is 42.6 Å². The number of non-ortho nitro benzene ring substituents is 1. The number of carbonyl (C=O) groups excluding carboxylic acids is 1. The van der Waals surface area contributed by atoms with Crippen molar-refractivity contribution in [3.05, 3.63) is 39.3 Å². The van der Waals surface area contributed by atoms with Crippen molar-refractivity contribution in [3.63, 3.8) is 0 Å². The molecule has 1 aliphatic rings. The van der Waals surface area contributed by atoms with Crippen molar-refractivity contribution < 1.29 is 9.72 Å². The van der Waals surface area contributed by atoms with Gasteiger partial charge in [-0.1, -0.05) is 0 Å². The molecule has 1 atom stereocenters. The van der Waals surface area contributed by atoms with E-state index in [2.05, 4.69) is 5.32 Å². The van der Waals surface area contributed by atoms with Crippen molar-refractivity contribution in [2.75, 3.05) is 26.7 Å². The lowest BCUT2D eigenvalue weighted by Crippen LogP contribution is -2.42. The van der Waals surface area contributed by atoms with E-state index >= 15 is 0 Å². The van der Waals surface area contributed by atoms with Crippen molar-refractivity contribution in [2.45, 2.75) is 12.8 Å². The highest BCUT2D eigenvalue weighted by atomic mass is 35.5. The summed E-state index contributed by atoms with van der Waals surface area (Å²) in [7, 11) is 1.93. The van der Waals surface area contributed by atoms with Crippen LogP contribution in [0.5, 0.6) is 0 Å². The number of likely N-dealkylation sites (tertiary alicyclic amines) is 1. The molecule has 0 radical (unpaired) electrons. The van der Waals surface area contributed by atoms with Crippen LogP contribution in [-0.4, -0.2) is 42.4 Å². The van der Waals surface area contributed by atoms with Crippen molar-refractivity contribution in [1.82, 2.24) is 10.2 Å². The monoisotopic (exact) mass is 369 g/mol. The third-order valence-corrected chi connectivity index (χ3v) is 5.32. The molecule has 1 amide bonds. The van der Waals surface area contributed by atoms with Crippen LogP contribution < -0.4 is 5.32 Å². The topological polar surface area (TPSA) is 75.5 Å². The van der Waals surface area contributed by atoms with Gasteiger partial charge in [-0.15, -0.1) is 23.7 Å². The number of amides is 1. The number of halogens is 1. The summed E-state index contributed by atoms with van der Waals surface area (Å²) in [5.41, 5.74) is 0.0568. The molecular weight excluding hydrogens is 350 g/mol. The molecule has 1 saturated heterocycles. The van der Waals surface area contributed by atoms with Gasteiger partial charge in [0, 0.05) is 35.3 Å². The van der Waals surface area contributed by atoms with Gasteiger partial charge in [-0.05, 0) is 44.5 Å². The molecule has 1 N–H and O–H groups in total. The molecule has 1 fully saturated rings. The molecule has 130 valence electrons. The first-order valence-corrected chi connectivity index (χ1v) is 8.52. The Labute approximate surface area is 150 Å². The van der Waals surface area contributed by atoms with E-state index in [9.17, 15) is 14.9 Å². The number of hydrogen-bond donors (Lipinski definition) is 1. The summed E-state index contributed by atoms with van der Waals surface area (Å²) in [5.74, 6) is 0.530. The highest BCUT2D eigenvalue weighted by Gasteiger charge is 2.25. The second-order valence-electron chi connectivity index (χ2n) is 5.91. The zero-order valence-corrected chi connectivity index (χ0v) is 15.0. The third kappa shape index (κ3) is 3.85. The van der Waals surface area contributed by atoms with Gasteiger partial charge in [0.2, 0.25) is 0 Å². The van der Waals surface area contributed by atoms with Gasteiger partial charge in [-0.25, -0.2) is 0 Å². The van der Waals surface area contributed by atoms with Crippen LogP contribution in [0.2, 0.25) is 0 Å². The zero-order chi connectivity index (χ0) is 16.4. The van der Waals surface area contributed by atoms with Crippen LogP contribution in [0.1, 0.15) is 22.5 Å². The Bertz CT molecular complexity index is 747. The second kappa shape index (κ2) is 7.92. The Morgan fingerprint density at radius 3 is 2.96 bits per heavy atom. The Hall–Kier alpha value is -1.70. The maximum absolute atomic E-state index is 12.7. The van der Waals surface area contributed by atoms with Gasteiger partial charge in [0.05, 0.1) is 9.80 Å². The molecule has 1 unspecified atom stereocenters. The Morgan fingerprint density at radius 2 is 2.25 bits per heavy atom. The number of fused-ring (bicyclic) bond motifs is 1. The molecule has 24 heavy (non-hydrogen) atoms. The normalized spacial score (nSPS) is 17.5. The van der Waals surface area contributed by atoms with Crippen LogP contribution >= 0.6 is 23.7 Å². The number of nitro groups is 1. The summed E-state index contributed by atoms with van der Waals surface area (Å²) in [4.78, 5) is 25.7. The van der Waals surface area contributed by atoms with Gasteiger partial charge in [-0.2, -0.15) is 0 Å². The summed E-state index contributed by atoms with van der Waals surface area (Å²) >= 11 is 1.40. The predicted molar refractivity (Wildman–Crippen MR) is 98.3 cm³/mol. The summed E-state index contributed by atoms with van der Waals surface area (Å²) in [6.07, 6.45) is 2.16. The second-order valence-corrected chi connectivity index (χ2v) is 6.99. The molecule has 2 aromatic rings. The fourth-order valence-electron chi connectivity index (χ4n) is 3.11. The predicted octanol–water partition coefficient (Wildman–Crippen LogP) is 3.30. The highest BCUT2D eigenvalue weighted by molar-refractivity contribution is 7.20. The average Bonchev–Trinajstić information content (AvgIpc) is 2.97. The molecule has 1 aromatic heterocycles. The fourth-order valence-corrected chi connectivity index (χ4v) is 4.12. The quantitative estimate of drug-likeness (QED) is 0.662. The maximum Gasteiger partial charge on any atom is 0.270 e. The molecule has 0 saturated carbocycles. The Morgan fingerprint density at radius 1 is 1.46 bits per heavy atom. The molecule has 1 aromatic carbocycles. The minimum absolute atomic E-state index is 0. The number of rotatable bonds is 4. The number of nitrogens with zero attached hydrogens (tertiary/aromatic N) is 2. The van der Waals surface area contributed by atoms with Crippen molar-refractivity contribution >= 4 is 45.4 Å². The molecular formula is C16H20ClN3O3S. The van der Waals surface area contributed by atoms with Gasteiger partial charge in [0.15, 0.2) is 0 Å². The third-order valence-electron chi connectivity index (χ3n) is 4.22. The summed E-state index contributed by atoms with van der Waals surface area (Å²) < 4.78 is 0.905. The fraction of sp³-hybridized carbons (Fsp3) is 0.438. The molecule has 6 nitrogen and oxygen atoms in total. The van der Waals surface area contributed by atoms with E-state index in [1.54, 1.807) is 12.1 Å². The highest BCUT2D eigenvalue weighted by Crippen LogP contribution is 2.30. The van der Waals surface area contributed by atoms with Crippen molar-refractivity contribution in [3.8, 4) is 0 Å². The first-order valence-electron chi connectivity index (χ1n) is 7.70. The molecule has 0 spiro atoms. The van der Waals surface area contributed by atoms with Crippen LogP contribution in [0.25, 0.3) is 10.1 Å². The Balaban J connectivity index is 0.00000208. The lowest BCUT2D eigenvalue weighted by molar-refractivity contribution is -0.384. The Kier molecular flexibility index (Phi) is 6.15. The summed E-state index contributed by atoms with van der Waals surface area (Å²) in [6.45, 7) is 2.48. The average molecular weight is 370 g/mol. The first kappa shape index (κ1) is 18.6. The van der Waals surface area contributed by atoms with Crippen molar-refractivity contribution in [1.29, 1.82) is 0 Å². The SMILES string of the molecule is CNCC1CCCN(C(=O)c2cc3cc([N+](=O)[O-])ccc3s2)C1.Cl. The van der Waals surface area contributed by atoms with Crippen LogP contribution in [0.3, 0.4) is 0 Å². The molecule has 0 aliphatic carbocycles. The molecule has 2 heterocycles. The minimum Gasteiger partial charge on any atom is -0.338 e. The summed E-state index contributed by atoms with van der Waals surface area (Å²) in [5, 5.41) is 14.8. The number of piperidine rings is 1. The zero-order valence-electron chi connectivity index (χ0n) is 13.4. The van der Waals surface area contributed by atoms with Gasteiger partial charge >= 0.3 is 0 Å². The van der Waals surface area contributed by atoms with E-state index in [1.807, 2.05) is 11.9 Å². The first-order chi connectivity index (χ1) is 11.1. The van der Waals surface area contributed by atoms with E-state index in [1.165, 1.54) is 23.5 Å². The standard InChI is InChI=1S/C16H19N3O3S.ClH/c1-17-9-11-3-2-6-18(10-11)16(20)15-8-12-7-13(19(21)22)4-5-14(12)23-15;/h4-5,7-8,11,17H,2-3,6,9-10H2,1H3;1H. The van der Waals surface area contributed by atoms with Gasteiger partial charge < -0.3 is 10.2 Å². The van der Waals surface area contributed by atoms with Gasteiger partial charge in [0.25, 0.3) is 11.6 Å². The maximum atomic E-state index is 12.7. The number of carbonyl (C=O) groups is 1. The number of thiophene rings is 1. The molecule has 1 aliphatic heterocycles. The van der Waals surface area contributed by atoms with Gasteiger partial charge in [-0.3, -0.25) is 14.9 Å². The molecule has 3 rings (SSSR count). The molecule has 0 bridgehead atoms. The van der Waals surface area contributed by atoms with Crippen LogP contribution in [0.15, 0.2) is 24.3 Å². The lowest BCUT2D eigenvalue weighted by atomic mass is 9.98. The number of nitrogens with one attached hydrogen (secondary N) is 1. The molecule has 8 heteroatoms. The number of hydrogen-bond acceptors (Lipinski definition) is 5. The minimum atomic E-state index is -0.411. The van der Waals surface area contributed by atoms with Crippen molar-refractivity contribution in [2.24, 2.45) is 5.92 Å². The van der Waals surface area contributed by atoms with E-state index in [4.69, 9.17) is 0 Å². The lowest BCUT2D eigenvalue weighted by Gasteiger charge is -2.32. The van der Waals surface area contributed by atoms with Crippen LogP contribution in [0, 0.1) is 16.0 Å². The number of nitro benzene ring substituents is 1. The smallest absolute Gasteiger partial charge is 0.270 e. The van der Waals surface area contributed by atoms with E-state index < -0.39 is 4.92 Å².